The minimum atomic E-state index is 0.617. The molecule has 4 heterocycles. The van der Waals surface area contributed by atoms with Crippen molar-refractivity contribution >= 4 is 65.6 Å². The Morgan fingerprint density at radius 2 is 0.771 bits per heavy atom. The quantitative estimate of drug-likeness (QED) is 0.148. The lowest BCUT2D eigenvalue weighted by Gasteiger charge is -2.14. The Hall–Kier alpha value is -9.52. The third-order valence-electron chi connectivity index (χ3n) is 13.5. The summed E-state index contributed by atoms with van der Waals surface area (Å²) >= 11 is 0. The van der Waals surface area contributed by atoms with Crippen LogP contribution in [0.25, 0.3) is 144 Å². The van der Waals surface area contributed by atoms with Gasteiger partial charge in [0.1, 0.15) is 22.3 Å². The Kier molecular flexibility index (Phi) is 9.10. The van der Waals surface area contributed by atoms with E-state index < -0.39 is 0 Å². The van der Waals surface area contributed by atoms with Crippen LogP contribution in [0.2, 0.25) is 0 Å². The molecule has 14 aromatic rings. The van der Waals surface area contributed by atoms with Crippen molar-refractivity contribution < 1.29 is 8.83 Å². The number of nitrogens with zero attached hydrogens (tertiary/aromatic N) is 4. The summed E-state index contributed by atoms with van der Waals surface area (Å²) in [6, 6.07) is 79.8. The largest absolute Gasteiger partial charge is 0.456 e. The van der Waals surface area contributed by atoms with Crippen molar-refractivity contribution in [2.24, 2.45) is 0 Å². The topological polar surface area (TPSA) is 77.8 Å². The van der Waals surface area contributed by atoms with Gasteiger partial charge in [-0.05, 0) is 58.7 Å². The molecule has 0 bridgehead atoms. The first-order valence-corrected chi connectivity index (χ1v) is 23.4. The third kappa shape index (κ3) is 6.57. The third-order valence-corrected chi connectivity index (χ3v) is 13.5. The van der Waals surface area contributed by atoms with E-state index in [4.69, 9.17) is 28.8 Å². The lowest BCUT2D eigenvalue weighted by atomic mass is 9.93. The van der Waals surface area contributed by atoms with Gasteiger partial charge < -0.3 is 8.83 Å². The first kappa shape index (κ1) is 39.6. The fourth-order valence-electron chi connectivity index (χ4n) is 10.2. The van der Waals surface area contributed by atoms with Gasteiger partial charge in [0.2, 0.25) is 0 Å². The number of para-hydroxylation sites is 3. The van der Waals surface area contributed by atoms with Crippen LogP contribution < -0.4 is 0 Å². The van der Waals surface area contributed by atoms with Gasteiger partial charge in [-0.1, -0.05) is 194 Å². The van der Waals surface area contributed by atoms with Gasteiger partial charge in [-0.15, -0.1) is 0 Å². The van der Waals surface area contributed by atoms with Crippen molar-refractivity contribution in [1.29, 1.82) is 0 Å². The molecule has 0 spiro atoms. The predicted molar refractivity (Wildman–Crippen MR) is 285 cm³/mol. The van der Waals surface area contributed by atoms with E-state index in [0.29, 0.717) is 17.5 Å². The van der Waals surface area contributed by atoms with E-state index in [1.165, 1.54) is 0 Å². The monoisotopic (exact) mass is 894 g/mol. The van der Waals surface area contributed by atoms with Gasteiger partial charge >= 0.3 is 0 Å². The molecule has 0 N–H and O–H groups in total. The fourth-order valence-corrected chi connectivity index (χ4v) is 10.2. The highest BCUT2D eigenvalue weighted by atomic mass is 16.3. The summed E-state index contributed by atoms with van der Waals surface area (Å²) < 4.78 is 13.1. The van der Waals surface area contributed by atoms with E-state index in [0.717, 1.165) is 127 Å². The summed E-state index contributed by atoms with van der Waals surface area (Å²) in [7, 11) is 0. The smallest absolute Gasteiger partial charge is 0.164 e. The number of hydrogen-bond donors (Lipinski definition) is 0. The molecule has 0 saturated heterocycles. The second-order valence-electron chi connectivity index (χ2n) is 17.7. The summed E-state index contributed by atoms with van der Waals surface area (Å²) in [4.78, 5) is 20.4. The average molecular weight is 895 g/mol. The van der Waals surface area contributed by atoms with E-state index >= 15 is 0 Å². The van der Waals surface area contributed by atoms with Crippen LogP contribution in [0.1, 0.15) is 0 Å². The molecule has 70 heavy (non-hydrogen) atoms. The Labute approximate surface area is 401 Å². The van der Waals surface area contributed by atoms with Gasteiger partial charge in [0, 0.05) is 71.1 Å². The first-order valence-electron chi connectivity index (χ1n) is 23.4. The highest BCUT2D eigenvalue weighted by Crippen LogP contribution is 2.44. The highest BCUT2D eigenvalue weighted by Gasteiger charge is 2.20. The summed E-state index contributed by atoms with van der Waals surface area (Å²) in [5, 5.41) is 7.66. The van der Waals surface area contributed by atoms with Gasteiger partial charge in [-0.2, -0.15) is 0 Å². The number of hydrogen-bond acceptors (Lipinski definition) is 6. The molecule has 326 valence electrons. The maximum absolute atomic E-state index is 6.72. The number of rotatable bonds is 7. The van der Waals surface area contributed by atoms with Crippen molar-refractivity contribution in [3.8, 4) is 78.8 Å². The van der Waals surface area contributed by atoms with Gasteiger partial charge in [-0.25, -0.2) is 19.9 Å². The fraction of sp³-hybridized carbons (Fsp3) is 0. The zero-order chi connectivity index (χ0) is 46.1. The number of aromatic nitrogens is 4. The number of fused-ring (bicyclic) bond motifs is 10. The van der Waals surface area contributed by atoms with Crippen molar-refractivity contribution in [1.82, 2.24) is 19.9 Å². The highest BCUT2D eigenvalue weighted by molar-refractivity contribution is 6.29. The molecule has 0 unspecified atom stereocenters. The van der Waals surface area contributed by atoms with Crippen LogP contribution in [-0.2, 0) is 0 Å². The van der Waals surface area contributed by atoms with Crippen LogP contribution in [0.3, 0.4) is 0 Å². The molecule has 4 aromatic heterocycles. The molecule has 0 fully saturated rings. The Balaban J connectivity index is 0.843. The van der Waals surface area contributed by atoms with Gasteiger partial charge in [-0.3, -0.25) is 0 Å². The maximum Gasteiger partial charge on any atom is 0.164 e. The summed E-state index contributed by atoms with van der Waals surface area (Å²) in [5.74, 6) is 1.88. The molecule has 6 nitrogen and oxygen atoms in total. The van der Waals surface area contributed by atoms with E-state index in [1.807, 2.05) is 78.9 Å². The maximum atomic E-state index is 6.72. The van der Waals surface area contributed by atoms with E-state index in [2.05, 4.69) is 152 Å². The zero-order valence-corrected chi connectivity index (χ0v) is 37.5. The van der Waals surface area contributed by atoms with Crippen LogP contribution in [-0.4, -0.2) is 19.9 Å². The van der Waals surface area contributed by atoms with Crippen LogP contribution in [0.4, 0.5) is 0 Å². The Morgan fingerprint density at radius 1 is 0.257 bits per heavy atom. The van der Waals surface area contributed by atoms with Crippen molar-refractivity contribution in [2.75, 3.05) is 0 Å². The van der Waals surface area contributed by atoms with Crippen molar-refractivity contribution in [3.05, 3.63) is 231 Å². The van der Waals surface area contributed by atoms with Crippen molar-refractivity contribution in [2.45, 2.75) is 0 Å². The molecule has 0 aliphatic carbocycles. The average Bonchev–Trinajstić information content (AvgIpc) is 4.02. The summed E-state index contributed by atoms with van der Waals surface area (Å²) in [6.45, 7) is 0. The SMILES string of the molecule is c1ccc(-c2nc(-c3ccccc3)nc(-c3cccc(-c4ccc5oc6c(-c7ccc(-c8cccc9c8nc(-c8ccccc8)c8ccc%10oc%11ccccc%11c%10c89)cc7)cccc6c5c4)c3)n2)cc1. The lowest BCUT2D eigenvalue weighted by Crippen LogP contribution is -2.00. The normalized spacial score (nSPS) is 11.7. The van der Waals surface area contributed by atoms with Gasteiger partial charge in [0.05, 0.1) is 11.2 Å². The molecule has 10 aromatic carbocycles. The summed E-state index contributed by atoms with van der Waals surface area (Å²) in [6.07, 6.45) is 0. The predicted octanol–water partition coefficient (Wildman–Crippen LogP) is 17.0. The van der Waals surface area contributed by atoms with Gasteiger partial charge in [0.25, 0.3) is 0 Å². The second kappa shape index (κ2) is 16.1. The zero-order valence-electron chi connectivity index (χ0n) is 37.5. The minimum Gasteiger partial charge on any atom is -0.456 e. The molecule has 0 saturated carbocycles. The standard InChI is InChI=1S/C64H38N4O2/c1-4-15-41(16-5-1)59-52-34-36-56-58(50-23-10-11-28-54(50)69-56)57(52)51-27-13-24-47(60(51)65-59)39-29-31-40(32-30-39)48-25-14-26-49-53-38-45(33-35-55(53)70-61(48)49)44-21-12-22-46(37-44)64-67-62(42-17-6-2-7-18-42)66-63(68-64)43-19-8-3-9-20-43/h1-38H. The number of benzene rings is 10. The van der Waals surface area contributed by atoms with Crippen LogP contribution in [0.15, 0.2) is 239 Å². The first-order chi connectivity index (χ1) is 34.7. The Bertz CT molecular complexity index is 4280. The second-order valence-corrected chi connectivity index (χ2v) is 17.7. The molecule has 14 rings (SSSR count). The number of furan rings is 2. The molecular weight excluding hydrogens is 857 g/mol. The van der Waals surface area contributed by atoms with Crippen LogP contribution in [0.5, 0.6) is 0 Å². The summed E-state index contributed by atoms with van der Waals surface area (Å²) in [5.41, 5.74) is 15.5. The molecule has 6 heteroatoms. The van der Waals surface area contributed by atoms with Crippen LogP contribution >= 0.6 is 0 Å². The van der Waals surface area contributed by atoms with E-state index in [-0.39, 0.29) is 0 Å². The lowest BCUT2D eigenvalue weighted by molar-refractivity contribution is 0.669. The van der Waals surface area contributed by atoms with E-state index in [1.54, 1.807) is 0 Å². The molecule has 0 aliphatic rings. The number of pyridine rings is 1. The Morgan fingerprint density at radius 3 is 1.50 bits per heavy atom. The van der Waals surface area contributed by atoms with Crippen molar-refractivity contribution in [3.63, 3.8) is 0 Å². The molecule has 0 aliphatic heterocycles. The molecular formula is C64H38N4O2. The molecule has 0 atom stereocenters. The van der Waals surface area contributed by atoms with Gasteiger partial charge in [0.15, 0.2) is 17.5 Å². The molecule has 0 amide bonds. The minimum absolute atomic E-state index is 0.617. The van der Waals surface area contributed by atoms with Crippen LogP contribution in [0, 0.1) is 0 Å². The molecule has 0 radical (unpaired) electrons. The van der Waals surface area contributed by atoms with E-state index in [9.17, 15) is 0 Å².